The zero-order valence-electron chi connectivity index (χ0n) is 28.0. The van der Waals surface area contributed by atoms with Crippen LogP contribution in [0.1, 0.15) is 28.3 Å². The minimum Gasteiger partial charge on any atom is -0.354 e. The Hall–Kier alpha value is -3.98. The number of rotatable bonds is 4. The maximum atomic E-state index is 5.56. The molecule has 8 bridgehead atoms. The van der Waals surface area contributed by atoms with Gasteiger partial charge in [0, 0.05) is 47.3 Å². The maximum Gasteiger partial charge on any atom is 0.0950 e. The zero-order chi connectivity index (χ0) is 35.3. The smallest absolute Gasteiger partial charge is 0.0950 e. The Morgan fingerprint density at radius 2 is 0.887 bits per heavy atom. The van der Waals surface area contributed by atoms with E-state index < -0.39 is 0 Å². The first-order chi connectivity index (χ1) is 25.5. The molecule has 9 rings (SSSR count). The average Bonchev–Trinajstić information content (AvgIpc) is 3.94. The summed E-state index contributed by atoms with van der Waals surface area (Å²) >= 11 is 15.8. The molecule has 3 aromatic heterocycles. The van der Waals surface area contributed by atoms with Crippen LogP contribution in [-0.2, 0) is 19.5 Å². The van der Waals surface area contributed by atoms with Crippen molar-refractivity contribution >= 4 is 108 Å². The Bertz CT molecular complexity index is 2760. The Labute approximate surface area is 352 Å². The van der Waals surface area contributed by atoms with E-state index in [1.165, 1.54) is 0 Å². The van der Waals surface area contributed by atoms with E-state index >= 15 is 0 Å². The summed E-state index contributed by atoms with van der Waals surface area (Å²) < 4.78 is 3.46. The summed E-state index contributed by atoms with van der Waals surface area (Å²) in [4.78, 5) is 18.2. The summed E-state index contributed by atoms with van der Waals surface area (Å²) in [6.45, 7) is 0. The first-order valence-corrected chi connectivity index (χ1v) is 19.8. The first-order valence-electron chi connectivity index (χ1n) is 16.6. The summed E-state index contributed by atoms with van der Waals surface area (Å²) in [6.07, 6.45) is 4.11. The normalized spacial score (nSPS) is 12.2. The number of H-pyrrole nitrogens is 2. The Morgan fingerprint density at radius 3 is 1.45 bits per heavy atom. The third-order valence-corrected chi connectivity index (χ3v) is 12.9. The van der Waals surface area contributed by atoms with Gasteiger partial charge in [0.15, 0.2) is 0 Å². The number of fused-ring (bicyclic) bond motifs is 8. The van der Waals surface area contributed by atoms with E-state index in [1.54, 1.807) is 0 Å². The molecular weight excluding hydrogens is 970 g/mol. The predicted octanol–water partition coefficient (Wildman–Crippen LogP) is 14.1. The third kappa shape index (κ3) is 6.51. The van der Waals surface area contributed by atoms with Gasteiger partial charge in [-0.15, -0.1) is 0 Å². The summed E-state index contributed by atoms with van der Waals surface area (Å²) in [5.74, 6) is 0. The minimum atomic E-state index is 0. The molecule has 7 aromatic rings. The molecule has 4 aromatic carbocycles. The predicted molar refractivity (Wildman–Crippen MR) is 231 cm³/mol. The monoisotopic (exact) mass is 990 g/mol. The van der Waals surface area contributed by atoms with Gasteiger partial charge in [-0.3, -0.25) is 0 Å². The zero-order valence-corrected chi connectivity index (χ0v) is 37.3. The van der Waals surface area contributed by atoms with Gasteiger partial charge in [0.25, 0.3) is 0 Å². The molecule has 0 saturated heterocycles. The van der Waals surface area contributed by atoms with Crippen molar-refractivity contribution in [1.82, 2.24) is 19.9 Å². The number of benzene rings is 4. The van der Waals surface area contributed by atoms with Crippen LogP contribution in [0.3, 0.4) is 0 Å². The van der Waals surface area contributed by atoms with Crippen LogP contribution in [0.25, 0.3) is 77.7 Å². The van der Waals surface area contributed by atoms with Gasteiger partial charge in [0.05, 0.1) is 57.2 Å². The molecular formula is C44H26Br4N4Zn. The van der Waals surface area contributed by atoms with E-state index in [4.69, 9.17) is 9.97 Å². The fraction of sp³-hybridized carbons (Fsp3) is 0. The van der Waals surface area contributed by atoms with E-state index in [0.29, 0.717) is 0 Å². The fourth-order valence-corrected chi connectivity index (χ4v) is 9.69. The molecule has 0 unspecified atom stereocenters. The van der Waals surface area contributed by atoms with Crippen LogP contribution in [0.5, 0.6) is 0 Å². The summed E-state index contributed by atoms with van der Waals surface area (Å²) in [5, 5.41) is 0. The molecule has 53 heavy (non-hydrogen) atoms. The van der Waals surface area contributed by atoms with Crippen LogP contribution >= 0.6 is 63.7 Å². The van der Waals surface area contributed by atoms with E-state index in [9.17, 15) is 0 Å². The largest absolute Gasteiger partial charge is 0.354 e. The van der Waals surface area contributed by atoms with Gasteiger partial charge in [0.1, 0.15) is 0 Å². The second-order valence-corrected chi connectivity index (χ2v) is 15.6. The van der Waals surface area contributed by atoms with Crippen molar-refractivity contribution in [2.45, 2.75) is 0 Å². The summed E-state index contributed by atoms with van der Waals surface area (Å²) in [6, 6.07) is 46.4. The summed E-state index contributed by atoms with van der Waals surface area (Å²) in [7, 11) is 0. The standard InChI is InChI=1S/C44H26Br4N4.Zn/c45-37-32-24-30-22-21-29(49-30)23-31-33(25-13-5-1-6-14-25)34(26-15-7-2-8-16-26)41(50-31)36(28-19-11-4-12-20-28)42-35(27-17-9-3-10-18-27)38(46)43(52-42)40(48)44(51-32)39(37)47;/h1-24,50-51H;. The molecule has 0 radical (unpaired) electrons. The number of hydrogen-bond acceptors (Lipinski definition) is 2. The van der Waals surface area contributed by atoms with Gasteiger partial charge in [-0.2, -0.15) is 0 Å². The third-order valence-electron chi connectivity index (χ3n) is 9.26. The van der Waals surface area contributed by atoms with Gasteiger partial charge in [-0.1, -0.05) is 121 Å². The molecule has 5 heterocycles. The Balaban J connectivity index is 0.00000400. The molecule has 0 amide bonds. The van der Waals surface area contributed by atoms with Crippen LogP contribution in [0.2, 0.25) is 0 Å². The fourth-order valence-electron chi connectivity index (χ4n) is 6.94. The van der Waals surface area contributed by atoms with Crippen LogP contribution in [0.4, 0.5) is 0 Å². The molecule has 2 N–H and O–H groups in total. The van der Waals surface area contributed by atoms with E-state index in [2.05, 4.69) is 201 Å². The number of aromatic amines is 2. The average molecular weight is 996 g/mol. The molecule has 252 valence electrons. The molecule has 9 heteroatoms. The number of halogens is 4. The number of aromatic nitrogens is 4. The molecule has 0 atom stereocenters. The van der Waals surface area contributed by atoms with E-state index in [1.807, 2.05) is 18.2 Å². The molecule has 0 saturated carbocycles. The van der Waals surface area contributed by atoms with Crippen LogP contribution < -0.4 is 0 Å². The van der Waals surface area contributed by atoms with Crippen molar-refractivity contribution in [3.05, 3.63) is 175 Å². The SMILES string of the molecule is BrC1=C(c2ccccc2)c2nc1c(Br)c1[nH]c(cc3nc(cc4[nH]c(c2-c2ccccc2)c(-c2ccccc2)c4-c2ccccc2)C=C3)c(Br)c1Br.[Zn]. The van der Waals surface area contributed by atoms with Gasteiger partial charge >= 0.3 is 0 Å². The van der Waals surface area contributed by atoms with Crippen molar-refractivity contribution < 1.29 is 19.5 Å². The van der Waals surface area contributed by atoms with Crippen molar-refractivity contribution in [2.75, 3.05) is 0 Å². The van der Waals surface area contributed by atoms with Crippen molar-refractivity contribution in [3.63, 3.8) is 0 Å². The van der Waals surface area contributed by atoms with Gasteiger partial charge in [0.2, 0.25) is 0 Å². The molecule has 0 fully saturated rings. The first kappa shape index (κ1) is 36.0. The van der Waals surface area contributed by atoms with E-state index in [-0.39, 0.29) is 19.5 Å². The molecule has 2 aliphatic rings. The molecule has 0 aliphatic carbocycles. The molecule has 4 nitrogen and oxygen atoms in total. The maximum absolute atomic E-state index is 5.56. The number of hydrogen-bond donors (Lipinski definition) is 2. The van der Waals surface area contributed by atoms with Crippen LogP contribution in [0, 0.1) is 0 Å². The Morgan fingerprint density at radius 1 is 0.415 bits per heavy atom. The second kappa shape index (κ2) is 15.0. The Kier molecular flexibility index (Phi) is 10.2. The summed E-state index contributed by atoms with van der Waals surface area (Å²) in [5.41, 5.74) is 15.4. The van der Waals surface area contributed by atoms with E-state index in [0.717, 1.165) is 107 Å². The van der Waals surface area contributed by atoms with Crippen molar-refractivity contribution in [1.29, 1.82) is 0 Å². The minimum absolute atomic E-state index is 0. The molecule has 0 spiro atoms. The second-order valence-electron chi connectivity index (χ2n) is 12.4. The van der Waals surface area contributed by atoms with Gasteiger partial charge in [-0.25, -0.2) is 9.97 Å². The van der Waals surface area contributed by atoms with Gasteiger partial charge < -0.3 is 9.97 Å². The topological polar surface area (TPSA) is 57.4 Å². The van der Waals surface area contributed by atoms with Crippen LogP contribution in [0.15, 0.2) is 147 Å². The van der Waals surface area contributed by atoms with Crippen molar-refractivity contribution in [2.24, 2.45) is 0 Å². The number of nitrogens with one attached hydrogen (secondary N) is 2. The van der Waals surface area contributed by atoms with Crippen molar-refractivity contribution in [3.8, 4) is 33.4 Å². The molecule has 2 aliphatic heterocycles. The quantitative estimate of drug-likeness (QED) is 0.173. The van der Waals surface area contributed by atoms with Crippen LogP contribution in [-0.4, -0.2) is 19.9 Å². The van der Waals surface area contributed by atoms with Gasteiger partial charge in [-0.05, 0) is 110 Å². The number of nitrogens with zero attached hydrogens (tertiary/aromatic N) is 2.